The van der Waals surface area contributed by atoms with E-state index >= 15 is 0 Å². The summed E-state index contributed by atoms with van der Waals surface area (Å²) < 4.78 is 69.7. The van der Waals surface area contributed by atoms with E-state index in [1.54, 1.807) is 17.1 Å². The molecule has 0 spiro atoms. The van der Waals surface area contributed by atoms with Gasteiger partial charge in [-0.3, -0.25) is 5.01 Å². The van der Waals surface area contributed by atoms with Crippen LogP contribution in [0, 0.1) is 5.92 Å². The molecule has 1 atom stereocenters. The lowest BCUT2D eigenvalue weighted by Crippen LogP contribution is -2.42. The molecular weight excluding hydrogens is 503 g/mol. The van der Waals surface area contributed by atoms with E-state index in [-0.39, 0.29) is 37.8 Å². The molecule has 0 bridgehead atoms. The van der Waals surface area contributed by atoms with Crippen molar-refractivity contribution in [2.75, 3.05) is 25.1 Å². The number of anilines is 1. The summed E-state index contributed by atoms with van der Waals surface area (Å²) in [6, 6.07) is 16.6. The summed E-state index contributed by atoms with van der Waals surface area (Å²) in [5, 5.41) is 9.85. The Kier molecular flexibility index (Phi) is 7.39. The molecule has 12 heteroatoms. The zero-order valence-corrected chi connectivity index (χ0v) is 20.5. The van der Waals surface area contributed by atoms with Crippen molar-refractivity contribution in [1.82, 2.24) is 9.62 Å². The summed E-state index contributed by atoms with van der Waals surface area (Å²) in [6.07, 6.45) is -4.52. The summed E-state index contributed by atoms with van der Waals surface area (Å²) in [6.45, 7) is -0.466. The smallest absolute Gasteiger partial charge is 0.371 e. The molecule has 0 aliphatic carbocycles. The molecule has 2 aromatic carbocycles. The minimum Gasteiger partial charge on any atom is -0.371 e. The summed E-state index contributed by atoms with van der Waals surface area (Å²) in [4.78, 5) is 0. The number of hydrogen-bond acceptors (Lipinski definition) is 4. The third kappa shape index (κ3) is 5.79. The fraction of sp³-hybridized carbons (Fsp3) is 0.391. The van der Waals surface area contributed by atoms with E-state index in [2.05, 4.69) is 14.8 Å². The van der Waals surface area contributed by atoms with Crippen molar-refractivity contribution < 1.29 is 21.6 Å². The van der Waals surface area contributed by atoms with Gasteiger partial charge in [-0.25, -0.2) is 0 Å². The van der Waals surface area contributed by atoms with E-state index in [4.69, 9.17) is 11.6 Å². The van der Waals surface area contributed by atoms with Crippen molar-refractivity contribution in [2.45, 2.75) is 31.5 Å². The molecule has 0 radical (unpaired) electrons. The van der Waals surface area contributed by atoms with Crippen molar-refractivity contribution in [2.24, 2.45) is 15.4 Å². The van der Waals surface area contributed by atoms with Gasteiger partial charge in [0.1, 0.15) is 5.71 Å². The maximum absolute atomic E-state index is 13.0. The van der Waals surface area contributed by atoms with Gasteiger partial charge in [0.05, 0.1) is 17.6 Å². The quantitative estimate of drug-likeness (QED) is 0.448. The lowest BCUT2D eigenvalue weighted by molar-refractivity contribution is -0.182. The number of piperidine rings is 1. The zero-order valence-electron chi connectivity index (χ0n) is 18.9. The first-order chi connectivity index (χ1) is 16.6. The van der Waals surface area contributed by atoms with Crippen LogP contribution in [0.1, 0.15) is 30.9 Å². The number of nitrogens with zero attached hydrogens (tertiary/aromatic N) is 4. The molecule has 1 saturated heterocycles. The Morgan fingerprint density at radius 2 is 1.71 bits per heavy atom. The van der Waals surface area contributed by atoms with Gasteiger partial charge in [-0.05, 0) is 42.7 Å². The first-order valence-electron chi connectivity index (χ1n) is 11.1. The number of hydrazone groups is 1. The number of halogens is 4. The number of rotatable bonds is 5. The van der Waals surface area contributed by atoms with E-state index in [9.17, 15) is 21.6 Å². The molecular formula is C23H25ClF3N5O2S. The van der Waals surface area contributed by atoms with Gasteiger partial charge in [0, 0.05) is 31.6 Å². The van der Waals surface area contributed by atoms with Crippen LogP contribution in [0.25, 0.3) is 0 Å². The average molecular weight is 528 g/mol. The average Bonchev–Trinajstić information content (AvgIpc) is 3.28. The Balaban J connectivity index is 1.61. The normalized spacial score (nSPS) is 20.7. The van der Waals surface area contributed by atoms with E-state index in [0.29, 0.717) is 17.2 Å². The van der Waals surface area contributed by atoms with Crippen LogP contribution < -0.4 is 10.3 Å². The molecule has 1 N–H and O–H groups in total. The van der Waals surface area contributed by atoms with Crippen LogP contribution in [0.15, 0.2) is 64.1 Å². The van der Waals surface area contributed by atoms with Crippen molar-refractivity contribution in [3.63, 3.8) is 0 Å². The topological polar surface area (TPSA) is 77.4 Å². The van der Waals surface area contributed by atoms with Gasteiger partial charge in [0.15, 0.2) is 5.84 Å². The van der Waals surface area contributed by atoms with Crippen LogP contribution in [-0.2, 0) is 10.2 Å². The Morgan fingerprint density at radius 1 is 1.09 bits per heavy atom. The van der Waals surface area contributed by atoms with Crippen molar-refractivity contribution in [1.29, 1.82) is 0 Å². The first kappa shape index (κ1) is 25.5. The Morgan fingerprint density at radius 3 is 2.29 bits per heavy atom. The third-order valence-corrected chi connectivity index (χ3v) is 7.83. The van der Waals surface area contributed by atoms with Gasteiger partial charge in [-0.2, -0.15) is 31.0 Å². The van der Waals surface area contributed by atoms with Crippen LogP contribution in [0.3, 0.4) is 0 Å². The third-order valence-electron chi connectivity index (χ3n) is 6.15. The van der Waals surface area contributed by atoms with Crippen molar-refractivity contribution in [3.05, 3.63) is 65.2 Å². The van der Waals surface area contributed by atoms with Gasteiger partial charge in [0.25, 0.3) is 0 Å². The number of nitrogens with one attached hydrogen (secondary N) is 1. The summed E-state index contributed by atoms with van der Waals surface area (Å²) in [5.74, 6) is -1.44. The standard InChI is InChI=1S/C23H25ClF3N5O2S/c1-28-22(30-35(33,34)31-13-11-17(12-14-31)23(25,26)27)20-15-21(16-5-3-2-4-6-16)32(29-20)19-9-7-18(24)8-10-19/h2-10,17,21H,11-15H2,1H3,(H,28,30)/t21-/m1/s1. The van der Waals surface area contributed by atoms with Gasteiger partial charge in [0.2, 0.25) is 0 Å². The van der Waals surface area contributed by atoms with Crippen LogP contribution in [0.4, 0.5) is 18.9 Å². The maximum atomic E-state index is 13.0. The highest BCUT2D eigenvalue weighted by atomic mass is 35.5. The van der Waals surface area contributed by atoms with Gasteiger partial charge >= 0.3 is 16.4 Å². The van der Waals surface area contributed by atoms with E-state index in [1.807, 2.05) is 42.5 Å². The highest BCUT2D eigenvalue weighted by Crippen LogP contribution is 2.37. The Labute approximate surface area is 207 Å². The fourth-order valence-corrected chi connectivity index (χ4v) is 5.59. The minimum absolute atomic E-state index is 0.0559. The molecule has 0 saturated carbocycles. The second-order valence-corrected chi connectivity index (χ2v) is 10.4. The molecule has 4 rings (SSSR count). The second-order valence-electron chi connectivity index (χ2n) is 8.38. The summed E-state index contributed by atoms with van der Waals surface area (Å²) in [5.41, 5.74) is 2.17. The van der Waals surface area contributed by atoms with E-state index < -0.39 is 22.3 Å². The molecule has 2 aliphatic heterocycles. The zero-order chi connectivity index (χ0) is 25.2. The largest absolute Gasteiger partial charge is 0.391 e. The molecule has 2 heterocycles. The van der Waals surface area contributed by atoms with Gasteiger partial charge < -0.3 is 5.32 Å². The van der Waals surface area contributed by atoms with Crippen LogP contribution >= 0.6 is 11.6 Å². The molecule has 1 fully saturated rings. The predicted molar refractivity (Wildman–Crippen MR) is 131 cm³/mol. The summed E-state index contributed by atoms with van der Waals surface area (Å²) >= 11 is 6.04. The number of amidine groups is 1. The number of benzene rings is 2. The molecule has 7 nitrogen and oxygen atoms in total. The highest BCUT2D eigenvalue weighted by molar-refractivity contribution is 7.88. The Hall–Kier alpha value is -2.63. The molecule has 0 aromatic heterocycles. The number of alkyl halides is 3. The fourth-order valence-electron chi connectivity index (χ4n) is 4.25. The van der Waals surface area contributed by atoms with Gasteiger partial charge in [-0.1, -0.05) is 41.9 Å². The van der Waals surface area contributed by atoms with E-state index in [0.717, 1.165) is 15.6 Å². The monoisotopic (exact) mass is 527 g/mol. The molecule has 2 aromatic rings. The van der Waals surface area contributed by atoms with Gasteiger partial charge in [-0.15, -0.1) is 4.40 Å². The molecule has 2 aliphatic rings. The number of hydrogen-bond donors (Lipinski definition) is 1. The van der Waals surface area contributed by atoms with Crippen LogP contribution in [-0.4, -0.2) is 50.6 Å². The summed E-state index contributed by atoms with van der Waals surface area (Å²) in [7, 11) is -2.66. The van der Waals surface area contributed by atoms with Crippen molar-refractivity contribution >= 4 is 39.0 Å². The molecule has 0 unspecified atom stereocenters. The van der Waals surface area contributed by atoms with Crippen LogP contribution in [0.5, 0.6) is 0 Å². The lowest BCUT2D eigenvalue weighted by atomic mass is 9.98. The molecule has 188 valence electrons. The maximum Gasteiger partial charge on any atom is 0.391 e. The molecule has 35 heavy (non-hydrogen) atoms. The predicted octanol–water partition coefficient (Wildman–Crippen LogP) is 4.78. The first-order valence-corrected chi connectivity index (χ1v) is 12.9. The minimum atomic E-state index is -4.33. The SMILES string of the molecule is CN/C(=N\S(=O)(=O)N1CCC(C(F)(F)F)CC1)C1=NN(c2ccc(Cl)cc2)[C@@H](c2ccccc2)C1. The Bertz CT molecular complexity index is 1200. The second kappa shape index (κ2) is 10.2. The molecule has 0 amide bonds. The van der Waals surface area contributed by atoms with Crippen molar-refractivity contribution in [3.8, 4) is 0 Å². The highest BCUT2D eigenvalue weighted by Gasteiger charge is 2.43. The van der Waals surface area contributed by atoms with E-state index in [1.165, 1.54) is 7.05 Å². The lowest BCUT2D eigenvalue weighted by Gasteiger charge is -2.30. The van der Waals surface area contributed by atoms with Crippen LogP contribution in [0.2, 0.25) is 5.02 Å².